The number of para-hydroxylation sites is 1. The Labute approximate surface area is 186 Å². The summed E-state index contributed by atoms with van der Waals surface area (Å²) in [5, 5.41) is 10.7. The van der Waals surface area contributed by atoms with Gasteiger partial charge in [-0.1, -0.05) is 48.5 Å². The molecule has 156 valence electrons. The summed E-state index contributed by atoms with van der Waals surface area (Å²) in [7, 11) is 0. The number of aromatic nitrogens is 5. The van der Waals surface area contributed by atoms with Crippen LogP contribution >= 0.6 is 23.4 Å². The Hall–Kier alpha value is -3.10. The topological polar surface area (TPSA) is 78.2 Å². The monoisotopic (exact) mass is 451 g/mol. The van der Waals surface area contributed by atoms with E-state index in [1.54, 1.807) is 10.8 Å². The predicted octanol–water partition coefficient (Wildman–Crippen LogP) is 5.05. The molecule has 0 fully saturated rings. The second kappa shape index (κ2) is 8.20. The van der Waals surface area contributed by atoms with Crippen LogP contribution in [0.25, 0.3) is 28.1 Å². The lowest BCUT2D eigenvalue weighted by Gasteiger charge is -2.10. The fourth-order valence-electron chi connectivity index (χ4n) is 3.52. The van der Waals surface area contributed by atoms with E-state index in [-0.39, 0.29) is 5.56 Å². The third-order valence-electron chi connectivity index (χ3n) is 4.90. The minimum atomic E-state index is -0.0448. The first-order chi connectivity index (χ1) is 15.2. The van der Waals surface area contributed by atoms with Crippen molar-refractivity contribution in [3.8, 4) is 11.5 Å². The molecule has 0 N–H and O–H groups in total. The number of benzene rings is 2. The number of aryl methyl sites for hydroxylation is 1. The maximum Gasteiger partial charge on any atom is 0.262 e. The fraction of sp³-hybridized carbons (Fsp3) is 0.182. The predicted molar refractivity (Wildman–Crippen MR) is 122 cm³/mol. The molecular weight excluding hydrogens is 434 g/mol. The molecule has 0 aliphatic rings. The standard InChI is InChI=1S/C22H18ClN5O2S/c1-2-10-27-20(29)17-8-3-4-9-18(17)28-21(27)25-26-22(28)31-13-16-12-30-19(24-16)14-6-5-7-15(23)11-14/h3-9,11-12H,2,10,13H2,1H3. The molecule has 5 rings (SSSR count). The van der Waals surface area contributed by atoms with Gasteiger partial charge in [-0.25, -0.2) is 4.98 Å². The normalized spacial score (nSPS) is 11.5. The molecule has 0 unspecified atom stereocenters. The van der Waals surface area contributed by atoms with E-state index >= 15 is 0 Å². The zero-order valence-corrected chi connectivity index (χ0v) is 18.2. The Kier molecular flexibility index (Phi) is 5.25. The van der Waals surface area contributed by atoms with Crippen molar-refractivity contribution in [1.29, 1.82) is 0 Å². The van der Waals surface area contributed by atoms with Crippen molar-refractivity contribution in [2.75, 3.05) is 0 Å². The van der Waals surface area contributed by atoms with E-state index < -0.39 is 0 Å². The lowest BCUT2D eigenvalue weighted by Crippen LogP contribution is -2.23. The molecule has 7 nitrogen and oxygen atoms in total. The molecule has 5 aromatic rings. The molecule has 3 heterocycles. The summed E-state index contributed by atoms with van der Waals surface area (Å²) in [6, 6.07) is 14.9. The number of hydrogen-bond acceptors (Lipinski definition) is 6. The van der Waals surface area contributed by atoms with Gasteiger partial charge in [-0.15, -0.1) is 10.2 Å². The van der Waals surface area contributed by atoms with Crippen molar-refractivity contribution in [2.45, 2.75) is 30.8 Å². The first-order valence-electron chi connectivity index (χ1n) is 9.85. The zero-order chi connectivity index (χ0) is 21.4. The van der Waals surface area contributed by atoms with Crippen LogP contribution in [0.15, 0.2) is 69.2 Å². The highest BCUT2D eigenvalue weighted by Gasteiger charge is 2.17. The van der Waals surface area contributed by atoms with Crippen molar-refractivity contribution < 1.29 is 4.42 Å². The molecule has 0 aliphatic heterocycles. The maximum atomic E-state index is 12.9. The summed E-state index contributed by atoms with van der Waals surface area (Å²) in [4.78, 5) is 17.5. The average molecular weight is 452 g/mol. The van der Waals surface area contributed by atoms with Crippen molar-refractivity contribution in [3.63, 3.8) is 0 Å². The van der Waals surface area contributed by atoms with E-state index in [0.29, 0.717) is 39.5 Å². The number of rotatable bonds is 6. The van der Waals surface area contributed by atoms with Gasteiger partial charge in [0.05, 0.1) is 16.6 Å². The van der Waals surface area contributed by atoms with E-state index in [0.717, 1.165) is 23.2 Å². The Bertz CT molecular complexity index is 1460. The lowest BCUT2D eigenvalue weighted by molar-refractivity contribution is 0.573. The average Bonchev–Trinajstić information content (AvgIpc) is 3.42. The number of halogens is 1. The van der Waals surface area contributed by atoms with E-state index in [4.69, 9.17) is 16.0 Å². The third kappa shape index (κ3) is 3.62. The Morgan fingerprint density at radius 2 is 2.00 bits per heavy atom. The van der Waals surface area contributed by atoms with Gasteiger partial charge in [0.1, 0.15) is 6.26 Å². The van der Waals surface area contributed by atoms with Gasteiger partial charge in [-0.2, -0.15) is 0 Å². The van der Waals surface area contributed by atoms with Gasteiger partial charge in [0.25, 0.3) is 5.56 Å². The Morgan fingerprint density at radius 1 is 1.13 bits per heavy atom. The summed E-state index contributed by atoms with van der Waals surface area (Å²) in [6.07, 6.45) is 2.46. The van der Waals surface area contributed by atoms with Crippen LogP contribution in [0.2, 0.25) is 5.02 Å². The molecule has 3 aromatic heterocycles. The minimum absolute atomic E-state index is 0.0448. The smallest absolute Gasteiger partial charge is 0.262 e. The summed E-state index contributed by atoms with van der Waals surface area (Å²) >= 11 is 7.56. The van der Waals surface area contributed by atoms with Crippen LogP contribution < -0.4 is 5.56 Å². The van der Waals surface area contributed by atoms with Crippen LogP contribution in [0, 0.1) is 0 Å². The molecule has 31 heavy (non-hydrogen) atoms. The van der Waals surface area contributed by atoms with Gasteiger partial charge in [-0.05, 0) is 36.8 Å². The second-order valence-electron chi connectivity index (χ2n) is 7.03. The summed E-state index contributed by atoms with van der Waals surface area (Å²) in [6.45, 7) is 2.62. The number of nitrogens with zero attached hydrogens (tertiary/aromatic N) is 5. The molecule has 0 atom stereocenters. The zero-order valence-electron chi connectivity index (χ0n) is 16.7. The van der Waals surface area contributed by atoms with Crippen LogP contribution in [-0.4, -0.2) is 24.1 Å². The summed E-state index contributed by atoms with van der Waals surface area (Å²) in [5.41, 5.74) is 2.35. The second-order valence-corrected chi connectivity index (χ2v) is 8.41. The highest BCUT2D eigenvalue weighted by molar-refractivity contribution is 7.98. The van der Waals surface area contributed by atoms with Gasteiger partial charge in [0, 0.05) is 22.9 Å². The van der Waals surface area contributed by atoms with Gasteiger partial charge in [0.15, 0.2) is 5.16 Å². The van der Waals surface area contributed by atoms with Crippen LogP contribution in [0.4, 0.5) is 0 Å². The molecule has 0 saturated carbocycles. The van der Waals surface area contributed by atoms with E-state index in [1.165, 1.54) is 11.8 Å². The number of thioether (sulfide) groups is 1. The van der Waals surface area contributed by atoms with Gasteiger partial charge < -0.3 is 4.42 Å². The van der Waals surface area contributed by atoms with E-state index in [2.05, 4.69) is 15.2 Å². The van der Waals surface area contributed by atoms with Crippen LogP contribution in [0.3, 0.4) is 0 Å². The van der Waals surface area contributed by atoms with Gasteiger partial charge >= 0.3 is 0 Å². The molecule has 0 bridgehead atoms. The van der Waals surface area contributed by atoms with Crippen molar-refractivity contribution in [3.05, 3.63) is 75.9 Å². The number of fused-ring (bicyclic) bond motifs is 3. The highest BCUT2D eigenvalue weighted by Crippen LogP contribution is 2.27. The summed E-state index contributed by atoms with van der Waals surface area (Å²) < 4.78 is 9.26. The maximum absolute atomic E-state index is 12.9. The van der Waals surface area contributed by atoms with Crippen LogP contribution in [0.1, 0.15) is 19.0 Å². The highest BCUT2D eigenvalue weighted by atomic mass is 35.5. The molecule has 9 heteroatoms. The van der Waals surface area contributed by atoms with Gasteiger partial charge in [0.2, 0.25) is 11.7 Å². The lowest BCUT2D eigenvalue weighted by atomic mass is 10.2. The summed E-state index contributed by atoms with van der Waals surface area (Å²) in [5.74, 6) is 1.62. The van der Waals surface area contributed by atoms with Crippen LogP contribution in [0.5, 0.6) is 0 Å². The molecule has 0 radical (unpaired) electrons. The molecule has 2 aromatic carbocycles. The molecule has 0 amide bonds. The third-order valence-corrected chi connectivity index (χ3v) is 6.10. The van der Waals surface area contributed by atoms with Crippen molar-refractivity contribution in [1.82, 2.24) is 24.1 Å². The Balaban J connectivity index is 1.50. The van der Waals surface area contributed by atoms with Crippen molar-refractivity contribution >= 4 is 40.0 Å². The number of hydrogen-bond donors (Lipinski definition) is 0. The molecule has 0 saturated heterocycles. The van der Waals surface area contributed by atoms with Gasteiger partial charge in [-0.3, -0.25) is 13.8 Å². The molecule has 0 aliphatic carbocycles. The quantitative estimate of drug-likeness (QED) is 0.336. The van der Waals surface area contributed by atoms with E-state index in [1.807, 2.05) is 59.9 Å². The van der Waals surface area contributed by atoms with Crippen molar-refractivity contribution in [2.24, 2.45) is 0 Å². The Morgan fingerprint density at radius 3 is 2.84 bits per heavy atom. The molecule has 0 spiro atoms. The minimum Gasteiger partial charge on any atom is -0.444 e. The SMILES string of the molecule is CCCn1c(=O)c2ccccc2n2c(SCc3coc(-c4cccc(Cl)c4)n3)nnc12. The number of oxazole rings is 1. The van der Waals surface area contributed by atoms with E-state index in [9.17, 15) is 4.79 Å². The first kappa shape index (κ1) is 19.8. The largest absolute Gasteiger partial charge is 0.444 e. The first-order valence-corrected chi connectivity index (χ1v) is 11.2. The molecular formula is C22H18ClN5O2S. The fourth-order valence-corrected chi connectivity index (χ4v) is 4.53. The van der Waals surface area contributed by atoms with Crippen LogP contribution in [-0.2, 0) is 12.3 Å².